The third kappa shape index (κ3) is 5.55. The lowest BCUT2D eigenvalue weighted by Crippen LogP contribution is -2.44. The number of likely N-dealkylation sites (tertiary alicyclic amines) is 1. The Bertz CT molecular complexity index is 1200. The Kier molecular flexibility index (Phi) is 7.22. The van der Waals surface area contributed by atoms with Crippen LogP contribution in [0.15, 0.2) is 62.6 Å². The number of hydrogen-bond acceptors (Lipinski definition) is 4. The van der Waals surface area contributed by atoms with Crippen molar-refractivity contribution in [3.63, 3.8) is 0 Å². The van der Waals surface area contributed by atoms with E-state index < -0.39 is 5.69 Å². The molecular formula is C24H27BrN4O3. The Balaban J connectivity index is 1.25. The fraction of sp³-hybridized carbons (Fsp3) is 0.375. The molecule has 2 heterocycles. The number of nitrogens with zero attached hydrogens (tertiary/aromatic N) is 2. The van der Waals surface area contributed by atoms with Crippen molar-refractivity contribution in [3.8, 4) is 0 Å². The molecule has 0 radical (unpaired) electrons. The smallest absolute Gasteiger partial charge is 0.328 e. The number of hydrogen-bond donors (Lipinski definition) is 2. The zero-order valence-electron chi connectivity index (χ0n) is 17.9. The summed E-state index contributed by atoms with van der Waals surface area (Å²) < 4.78 is 1.94. The van der Waals surface area contributed by atoms with Crippen molar-refractivity contribution in [2.45, 2.75) is 44.8 Å². The van der Waals surface area contributed by atoms with Gasteiger partial charge in [0.25, 0.3) is 5.56 Å². The van der Waals surface area contributed by atoms with Gasteiger partial charge in [0.1, 0.15) is 0 Å². The minimum absolute atomic E-state index is 0.0282. The normalized spacial score (nSPS) is 15.2. The third-order valence-electron chi connectivity index (χ3n) is 5.93. The van der Waals surface area contributed by atoms with E-state index in [2.05, 4.69) is 55.4 Å². The summed E-state index contributed by atoms with van der Waals surface area (Å²) in [7, 11) is 0. The van der Waals surface area contributed by atoms with Gasteiger partial charge in [0.05, 0.1) is 10.9 Å². The maximum Gasteiger partial charge on any atom is 0.328 e. The van der Waals surface area contributed by atoms with Crippen molar-refractivity contribution < 1.29 is 4.79 Å². The molecule has 1 amide bonds. The number of halogens is 1. The number of rotatable bonds is 7. The lowest BCUT2D eigenvalue weighted by Gasteiger charge is -2.32. The molecule has 3 aromatic rings. The summed E-state index contributed by atoms with van der Waals surface area (Å²) in [4.78, 5) is 42.5. The molecule has 0 atom stereocenters. The Labute approximate surface area is 194 Å². The van der Waals surface area contributed by atoms with Crippen LogP contribution in [0.5, 0.6) is 0 Å². The second kappa shape index (κ2) is 10.3. The third-order valence-corrected chi connectivity index (χ3v) is 6.42. The maximum atomic E-state index is 12.7. The second-order valence-corrected chi connectivity index (χ2v) is 9.20. The number of benzene rings is 2. The van der Waals surface area contributed by atoms with Gasteiger partial charge in [-0.1, -0.05) is 46.3 Å². The molecule has 0 bridgehead atoms. The predicted molar refractivity (Wildman–Crippen MR) is 129 cm³/mol. The highest BCUT2D eigenvalue weighted by atomic mass is 79.9. The van der Waals surface area contributed by atoms with E-state index >= 15 is 0 Å². The van der Waals surface area contributed by atoms with E-state index in [1.807, 2.05) is 6.07 Å². The van der Waals surface area contributed by atoms with Crippen LogP contribution in [-0.4, -0.2) is 39.5 Å². The lowest BCUT2D eigenvalue weighted by atomic mass is 10.0. The topological polar surface area (TPSA) is 87.2 Å². The molecular weight excluding hydrogens is 472 g/mol. The Morgan fingerprint density at radius 1 is 1.09 bits per heavy atom. The monoisotopic (exact) mass is 498 g/mol. The largest absolute Gasteiger partial charge is 0.353 e. The van der Waals surface area contributed by atoms with Crippen LogP contribution < -0.4 is 16.6 Å². The van der Waals surface area contributed by atoms with Gasteiger partial charge >= 0.3 is 5.69 Å². The van der Waals surface area contributed by atoms with E-state index in [1.54, 1.807) is 18.2 Å². The number of aromatic amines is 1. The number of carbonyl (C=O) groups is 1. The first-order valence-electron chi connectivity index (χ1n) is 11.0. The number of piperidine rings is 1. The van der Waals surface area contributed by atoms with E-state index in [0.717, 1.165) is 36.9 Å². The molecule has 32 heavy (non-hydrogen) atoms. The van der Waals surface area contributed by atoms with Crippen LogP contribution >= 0.6 is 15.9 Å². The highest BCUT2D eigenvalue weighted by Crippen LogP contribution is 2.15. The molecule has 1 aromatic heterocycles. The van der Waals surface area contributed by atoms with Crippen LogP contribution in [-0.2, 0) is 17.9 Å². The second-order valence-electron chi connectivity index (χ2n) is 8.28. The molecule has 1 aliphatic heterocycles. The first-order chi connectivity index (χ1) is 15.5. The van der Waals surface area contributed by atoms with Crippen molar-refractivity contribution in [2.75, 3.05) is 13.1 Å². The molecule has 7 nitrogen and oxygen atoms in total. The van der Waals surface area contributed by atoms with Gasteiger partial charge < -0.3 is 10.3 Å². The van der Waals surface area contributed by atoms with Crippen LogP contribution in [0.3, 0.4) is 0 Å². The van der Waals surface area contributed by atoms with Gasteiger partial charge in [-0.3, -0.25) is 19.1 Å². The summed E-state index contributed by atoms with van der Waals surface area (Å²) in [6.45, 7) is 3.06. The SMILES string of the molecule is O=C(CCCn1c(=O)[nH]c2ccc(Br)cc2c1=O)NC1CCN(Cc2ccccc2)CC1. The highest BCUT2D eigenvalue weighted by Gasteiger charge is 2.20. The zero-order chi connectivity index (χ0) is 22.5. The Morgan fingerprint density at radius 3 is 2.59 bits per heavy atom. The molecule has 0 spiro atoms. The van der Waals surface area contributed by atoms with Crippen LogP contribution in [0.25, 0.3) is 10.9 Å². The molecule has 1 saturated heterocycles. The number of amides is 1. The molecule has 8 heteroatoms. The van der Waals surface area contributed by atoms with E-state index in [0.29, 0.717) is 17.3 Å². The van der Waals surface area contributed by atoms with Gasteiger partial charge in [-0.2, -0.15) is 0 Å². The van der Waals surface area contributed by atoms with Gasteiger partial charge in [0.2, 0.25) is 5.91 Å². The van der Waals surface area contributed by atoms with Crippen molar-refractivity contribution in [2.24, 2.45) is 0 Å². The van der Waals surface area contributed by atoms with E-state index in [-0.39, 0.29) is 30.5 Å². The highest BCUT2D eigenvalue weighted by molar-refractivity contribution is 9.10. The number of nitrogens with one attached hydrogen (secondary N) is 2. The van der Waals surface area contributed by atoms with E-state index in [9.17, 15) is 14.4 Å². The minimum atomic E-state index is -0.448. The first kappa shape index (κ1) is 22.5. The van der Waals surface area contributed by atoms with Crippen molar-refractivity contribution in [1.29, 1.82) is 0 Å². The first-order valence-corrected chi connectivity index (χ1v) is 11.8. The standard InChI is InChI=1S/C24H27BrN4O3/c25-18-8-9-21-20(15-18)23(31)29(24(32)27-21)12-4-7-22(30)26-19-10-13-28(14-11-19)16-17-5-2-1-3-6-17/h1-3,5-6,8-9,15,19H,4,7,10-14,16H2,(H,26,30)(H,27,32). The Morgan fingerprint density at radius 2 is 1.84 bits per heavy atom. The van der Waals surface area contributed by atoms with Crippen molar-refractivity contribution in [1.82, 2.24) is 19.8 Å². The molecule has 2 aromatic carbocycles. The molecule has 168 valence electrons. The molecule has 4 rings (SSSR count). The average molecular weight is 499 g/mol. The van der Waals surface area contributed by atoms with Crippen molar-refractivity contribution in [3.05, 3.63) is 79.4 Å². The molecule has 1 aliphatic rings. The van der Waals surface area contributed by atoms with Gasteiger partial charge in [-0.25, -0.2) is 4.79 Å². The molecule has 0 aliphatic carbocycles. The summed E-state index contributed by atoms with van der Waals surface area (Å²) in [5.74, 6) is -0.0282. The van der Waals surface area contributed by atoms with Crippen molar-refractivity contribution >= 4 is 32.7 Å². The summed E-state index contributed by atoms with van der Waals surface area (Å²) >= 11 is 3.35. The quantitative estimate of drug-likeness (QED) is 0.524. The molecule has 2 N–H and O–H groups in total. The van der Waals surface area contributed by atoms with Gasteiger partial charge in [0, 0.05) is 43.1 Å². The average Bonchev–Trinajstić information content (AvgIpc) is 2.79. The number of H-pyrrole nitrogens is 1. The van der Waals surface area contributed by atoms with Crippen LogP contribution in [0, 0.1) is 0 Å². The van der Waals surface area contributed by atoms with Crippen LogP contribution in [0.4, 0.5) is 0 Å². The van der Waals surface area contributed by atoms with Gasteiger partial charge in [-0.05, 0) is 43.0 Å². The summed E-state index contributed by atoms with van der Waals surface area (Å²) in [6, 6.07) is 15.8. The van der Waals surface area contributed by atoms with Gasteiger partial charge in [0.15, 0.2) is 0 Å². The van der Waals surface area contributed by atoms with Gasteiger partial charge in [-0.15, -0.1) is 0 Å². The zero-order valence-corrected chi connectivity index (χ0v) is 19.4. The fourth-order valence-corrected chi connectivity index (χ4v) is 4.56. The summed E-state index contributed by atoms with van der Waals surface area (Å²) in [6.07, 6.45) is 2.57. The summed E-state index contributed by atoms with van der Waals surface area (Å²) in [5, 5.41) is 3.56. The number of aromatic nitrogens is 2. The maximum absolute atomic E-state index is 12.7. The fourth-order valence-electron chi connectivity index (χ4n) is 4.20. The van der Waals surface area contributed by atoms with Crippen LogP contribution in [0.1, 0.15) is 31.2 Å². The Hall–Kier alpha value is -2.71. The number of fused-ring (bicyclic) bond motifs is 1. The molecule has 0 saturated carbocycles. The van der Waals surface area contributed by atoms with Crippen LogP contribution in [0.2, 0.25) is 0 Å². The molecule has 1 fully saturated rings. The predicted octanol–water partition coefficient (Wildman–Crippen LogP) is 3.01. The minimum Gasteiger partial charge on any atom is -0.353 e. The van der Waals surface area contributed by atoms with E-state index in [1.165, 1.54) is 10.1 Å². The summed E-state index contributed by atoms with van der Waals surface area (Å²) in [5.41, 5.74) is 1.03. The number of carbonyl (C=O) groups excluding carboxylic acids is 1. The van der Waals surface area contributed by atoms with E-state index in [4.69, 9.17) is 0 Å². The lowest BCUT2D eigenvalue weighted by molar-refractivity contribution is -0.122. The molecule has 0 unspecified atom stereocenters.